The van der Waals surface area contributed by atoms with E-state index in [4.69, 9.17) is 0 Å². The Morgan fingerprint density at radius 3 is 2.55 bits per heavy atom. The average Bonchev–Trinajstić information content (AvgIpc) is 2.46. The maximum Gasteiger partial charge on any atom is 0.128 e. The zero-order valence-electron chi connectivity index (χ0n) is 11.3. The summed E-state index contributed by atoms with van der Waals surface area (Å²) in [5.41, 5.74) is 1.94. The smallest absolute Gasteiger partial charge is 0.128 e. The molecule has 2 nitrogen and oxygen atoms in total. The first kappa shape index (κ1) is 14.5. The molecule has 0 spiro atoms. The summed E-state index contributed by atoms with van der Waals surface area (Å²) >= 11 is 3.37. The van der Waals surface area contributed by atoms with Crippen molar-refractivity contribution in [1.82, 2.24) is 0 Å². The van der Waals surface area contributed by atoms with Gasteiger partial charge in [-0.05, 0) is 41.1 Å². The molecule has 0 bridgehead atoms. The van der Waals surface area contributed by atoms with Gasteiger partial charge in [0.1, 0.15) is 11.9 Å². The SMILES string of the molecule is CC(c1ccccc1F)N(C)c1cccc(Br)c1C#N. The minimum atomic E-state index is -0.236. The second-order valence-electron chi connectivity index (χ2n) is 4.55. The average molecular weight is 333 g/mol. The summed E-state index contributed by atoms with van der Waals surface area (Å²) in [7, 11) is 1.86. The molecule has 4 heteroatoms. The number of anilines is 1. The van der Waals surface area contributed by atoms with Crippen LogP contribution in [0.25, 0.3) is 0 Å². The molecule has 0 aliphatic carbocycles. The van der Waals surface area contributed by atoms with Crippen molar-refractivity contribution < 1.29 is 4.39 Å². The lowest BCUT2D eigenvalue weighted by Gasteiger charge is -2.28. The molecule has 2 rings (SSSR count). The maximum atomic E-state index is 13.9. The van der Waals surface area contributed by atoms with Crippen LogP contribution < -0.4 is 4.90 Å². The van der Waals surface area contributed by atoms with Crippen LogP contribution in [-0.2, 0) is 0 Å². The number of rotatable bonds is 3. The number of hydrogen-bond donors (Lipinski definition) is 0. The van der Waals surface area contributed by atoms with E-state index in [0.717, 1.165) is 10.2 Å². The number of nitriles is 1. The van der Waals surface area contributed by atoms with Gasteiger partial charge in [-0.2, -0.15) is 5.26 Å². The number of benzene rings is 2. The van der Waals surface area contributed by atoms with Gasteiger partial charge in [-0.15, -0.1) is 0 Å². The van der Waals surface area contributed by atoms with Gasteiger partial charge in [-0.3, -0.25) is 0 Å². The van der Waals surface area contributed by atoms with Crippen LogP contribution in [0.1, 0.15) is 24.1 Å². The molecule has 2 aromatic carbocycles. The highest BCUT2D eigenvalue weighted by Gasteiger charge is 2.19. The monoisotopic (exact) mass is 332 g/mol. The Bertz CT molecular complexity index is 664. The highest BCUT2D eigenvalue weighted by Crippen LogP contribution is 2.32. The quantitative estimate of drug-likeness (QED) is 0.817. The molecule has 0 aromatic heterocycles. The molecular formula is C16H14BrFN2. The van der Waals surface area contributed by atoms with Gasteiger partial charge in [0.15, 0.2) is 0 Å². The second-order valence-corrected chi connectivity index (χ2v) is 5.41. The molecule has 20 heavy (non-hydrogen) atoms. The third kappa shape index (κ3) is 2.68. The minimum Gasteiger partial charge on any atom is -0.367 e. The summed E-state index contributed by atoms with van der Waals surface area (Å²) in [6.45, 7) is 1.92. The molecule has 102 valence electrons. The first-order valence-corrected chi connectivity index (χ1v) is 7.01. The Labute approximate surface area is 126 Å². The predicted molar refractivity (Wildman–Crippen MR) is 82.1 cm³/mol. The second kappa shape index (κ2) is 6.06. The lowest BCUT2D eigenvalue weighted by atomic mass is 10.0. The van der Waals surface area contributed by atoms with Crippen LogP contribution in [0.3, 0.4) is 0 Å². The standard InChI is InChI=1S/C16H14BrFN2/c1-11(12-6-3-4-8-15(12)18)20(2)16-9-5-7-14(17)13(16)10-19/h3-9,11H,1-2H3. The van der Waals surface area contributed by atoms with Crippen LogP contribution in [0.2, 0.25) is 0 Å². The molecular weight excluding hydrogens is 319 g/mol. The van der Waals surface area contributed by atoms with E-state index >= 15 is 0 Å². The Kier molecular flexibility index (Phi) is 4.41. The van der Waals surface area contributed by atoms with Crippen LogP contribution >= 0.6 is 15.9 Å². The first-order chi connectivity index (χ1) is 9.56. The van der Waals surface area contributed by atoms with Crippen LogP contribution in [0.4, 0.5) is 10.1 Å². The molecule has 2 aromatic rings. The summed E-state index contributed by atoms with van der Waals surface area (Å²) in [5.74, 6) is -0.236. The van der Waals surface area contributed by atoms with E-state index in [9.17, 15) is 9.65 Å². The van der Waals surface area contributed by atoms with E-state index in [1.165, 1.54) is 6.07 Å². The van der Waals surface area contributed by atoms with E-state index in [1.54, 1.807) is 12.1 Å². The van der Waals surface area contributed by atoms with Crippen molar-refractivity contribution in [2.45, 2.75) is 13.0 Å². The van der Waals surface area contributed by atoms with Crippen molar-refractivity contribution in [2.24, 2.45) is 0 Å². The molecule has 1 atom stereocenters. The minimum absolute atomic E-state index is 0.169. The fourth-order valence-electron chi connectivity index (χ4n) is 2.15. The van der Waals surface area contributed by atoms with Gasteiger partial charge >= 0.3 is 0 Å². The predicted octanol–water partition coefficient (Wildman–Crippen LogP) is 4.66. The van der Waals surface area contributed by atoms with E-state index < -0.39 is 0 Å². The van der Waals surface area contributed by atoms with E-state index in [-0.39, 0.29) is 11.9 Å². The van der Waals surface area contributed by atoms with E-state index in [1.807, 2.05) is 43.1 Å². The fourth-order valence-corrected chi connectivity index (χ4v) is 2.59. The Morgan fingerprint density at radius 2 is 1.90 bits per heavy atom. The highest BCUT2D eigenvalue weighted by atomic mass is 79.9. The number of halogens is 2. The Balaban J connectivity index is 2.42. The van der Waals surface area contributed by atoms with Gasteiger partial charge in [-0.1, -0.05) is 24.3 Å². The van der Waals surface area contributed by atoms with Crippen LogP contribution in [0.5, 0.6) is 0 Å². The van der Waals surface area contributed by atoms with E-state index in [2.05, 4.69) is 22.0 Å². The summed E-state index contributed by atoms with van der Waals surface area (Å²) in [6.07, 6.45) is 0. The van der Waals surface area contributed by atoms with Gasteiger partial charge in [-0.25, -0.2) is 4.39 Å². The van der Waals surface area contributed by atoms with Crippen molar-refractivity contribution in [2.75, 3.05) is 11.9 Å². The lowest BCUT2D eigenvalue weighted by molar-refractivity contribution is 0.585. The van der Waals surface area contributed by atoms with Gasteiger partial charge < -0.3 is 4.90 Å². The van der Waals surface area contributed by atoms with Gasteiger partial charge in [0.05, 0.1) is 17.3 Å². The number of hydrogen-bond acceptors (Lipinski definition) is 2. The van der Waals surface area contributed by atoms with Crippen molar-refractivity contribution >= 4 is 21.6 Å². The third-order valence-corrected chi connectivity index (χ3v) is 4.08. The zero-order chi connectivity index (χ0) is 14.7. The van der Waals surface area contributed by atoms with E-state index in [0.29, 0.717) is 11.1 Å². The Hall–Kier alpha value is -1.86. The van der Waals surface area contributed by atoms with Crippen molar-refractivity contribution in [3.8, 4) is 6.07 Å². The molecule has 1 unspecified atom stereocenters. The molecule has 0 aliphatic rings. The Morgan fingerprint density at radius 1 is 1.20 bits per heavy atom. The molecule has 0 heterocycles. The fraction of sp³-hybridized carbons (Fsp3) is 0.188. The van der Waals surface area contributed by atoms with Gasteiger partial charge in [0.2, 0.25) is 0 Å². The van der Waals surface area contributed by atoms with Crippen molar-refractivity contribution in [3.05, 3.63) is 63.9 Å². The van der Waals surface area contributed by atoms with Gasteiger partial charge in [0, 0.05) is 17.1 Å². The lowest BCUT2D eigenvalue weighted by Crippen LogP contribution is -2.23. The number of nitrogens with zero attached hydrogens (tertiary/aromatic N) is 2. The molecule has 0 radical (unpaired) electrons. The molecule has 0 amide bonds. The van der Waals surface area contributed by atoms with Crippen molar-refractivity contribution in [3.63, 3.8) is 0 Å². The molecule has 0 saturated carbocycles. The highest BCUT2D eigenvalue weighted by molar-refractivity contribution is 9.10. The topological polar surface area (TPSA) is 27.0 Å². The molecule has 0 aliphatic heterocycles. The normalized spacial score (nSPS) is 11.8. The maximum absolute atomic E-state index is 13.9. The summed E-state index contributed by atoms with van der Waals surface area (Å²) in [6, 6.07) is 14.3. The molecule has 0 N–H and O–H groups in total. The van der Waals surface area contributed by atoms with Crippen LogP contribution in [-0.4, -0.2) is 7.05 Å². The molecule has 0 saturated heterocycles. The first-order valence-electron chi connectivity index (χ1n) is 6.22. The summed E-state index contributed by atoms with van der Waals surface area (Å²) in [5, 5.41) is 9.27. The van der Waals surface area contributed by atoms with Crippen LogP contribution in [0, 0.1) is 17.1 Å². The zero-order valence-corrected chi connectivity index (χ0v) is 12.9. The van der Waals surface area contributed by atoms with Crippen LogP contribution in [0.15, 0.2) is 46.9 Å². The summed E-state index contributed by atoms with van der Waals surface area (Å²) < 4.78 is 14.6. The van der Waals surface area contributed by atoms with Gasteiger partial charge in [0.25, 0.3) is 0 Å². The largest absolute Gasteiger partial charge is 0.367 e. The molecule has 0 fully saturated rings. The third-order valence-electron chi connectivity index (χ3n) is 3.42. The summed E-state index contributed by atoms with van der Waals surface area (Å²) in [4.78, 5) is 1.90. The van der Waals surface area contributed by atoms with Crippen molar-refractivity contribution in [1.29, 1.82) is 5.26 Å².